The van der Waals surface area contributed by atoms with E-state index in [4.69, 9.17) is 17.2 Å². The molecule has 0 saturated carbocycles. The second-order valence-corrected chi connectivity index (χ2v) is 19.8. The largest absolute Gasteiger partial charge is 0.508 e. The topological polar surface area (TPSA) is 474 Å². The molecule has 7 amide bonds. The van der Waals surface area contributed by atoms with Crippen LogP contribution in [0.25, 0.3) is 0 Å². The monoisotopic (exact) mass is 1150 g/mol. The zero-order valence-corrected chi connectivity index (χ0v) is 45.4. The first-order valence-electron chi connectivity index (χ1n) is 26.9. The Labute approximate surface area is 476 Å². The number of aromatic hydroxyl groups is 2. The summed E-state index contributed by atoms with van der Waals surface area (Å²) in [6.45, 7) is 0.564. The first-order chi connectivity index (χ1) is 40.0. The minimum Gasteiger partial charge on any atom is -0.508 e. The van der Waals surface area contributed by atoms with Gasteiger partial charge in [-0.2, -0.15) is 0 Å². The molecule has 83 heavy (non-hydrogen) atoms. The zero-order valence-electron chi connectivity index (χ0n) is 45.4. The van der Waals surface area contributed by atoms with Gasteiger partial charge in [0.2, 0.25) is 41.4 Å². The molecule has 0 radical (unpaired) electrons. The molecule has 29 nitrogen and oxygen atoms in total. The number of carboxylic acids is 1. The van der Waals surface area contributed by atoms with Gasteiger partial charge >= 0.3 is 5.97 Å². The number of hydrogen-bond acceptors (Lipinski definition) is 17. The van der Waals surface area contributed by atoms with Crippen molar-refractivity contribution in [1.29, 1.82) is 0 Å². The third-order valence-corrected chi connectivity index (χ3v) is 13.3. The number of nitrogens with two attached hydrogens (primary N) is 3. The molecule has 8 atom stereocenters. The number of nitrogens with zero attached hydrogens (tertiary/aromatic N) is 4. The Morgan fingerprint density at radius 3 is 1.01 bits per heavy atom. The van der Waals surface area contributed by atoms with Crippen LogP contribution < -0.4 is 54.4 Å². The maximum atomic E-state index is 14.9. The molecule has 0 unspecified atom stereocenters. The van der Waals surface area contributed by atoms with Crippen molar-refractivity contribution in [3.05, 3.63) is 133 Å². The van der Waals surface area contributed by atoms with E-state index in [1.807, 2.05) is 0 Å². The van der Waals surface area contributed by atoms with Crippen LogP contribution in [0.1, 0.15) is 72.4 Å². The number of unbranched alkanes of at least 4 members (excludes halogenated alkanes) is 2. The molecule has 6 aromatic rings. The maximum Gasteiger partial charge on any atom is 0.326 e. The van der Waals surface area contributed by atoms with Crippen molar-refractivity contribution in [2.45, 2.75) is 125 Å². The number of phenolic OH excluding ortho intramolecular Hbond substituents is 2. The van der Waals surface area contributed by atoms with E-state index in [-0.39, 0.29) is 69.4 Å². The van der Waals surface area contributed by atoms with Crippen molar-refractivity contribution < 1.29 is 53.7 Å². The molecule has 0 aliphatic heterocycles. The number of nitrogens with one attached hydrogen (secondary N) is 11. The second kappa shape index (κ2) is 32.1. The Balaban J connectivity index is 1.27. The highest BCUT2D eigenvalue weighted by Gasteiger charge is 2.35. The summed E-state index contributed by atoms with van der Waals surface area (Å²) in [6, 6.07) is 0.608. The number of carboxylic acid groups (broad SMARTS) is 1. The minimum absolute atomic E-state index is 0.0317. The molecule has 0 bridgehead atoms. The minimum atomic E-state index is -1.52. The van der Waals surface area contributed by atoms with Gasteiger partial charge in [-0.25, -0.2) is 24.7 Å². The molecule has 2 aromatic carbocycles. The lowest BCUT2D eigenvalue weighted by molar-refractivity contribution is -0.142. The molecular weight excluding hydrogens is 1080 g/mol. The highest BCUT2D eigenvalue weighted by Crippen LogP contribution is 2.16. The van der Waals surface area contributed by atoms with Gasteiger partial charge in [0.25, 0.3) is 0 Å². The van der Waals surface area contributed by atoms with E-state index >= 15 is 0 Å². The number of carbonyl (C=O) groups is 8. The molecule has 0 saturated heterocycles. The quantitative estimate of drug-likeness (QED) is 0.0188. The number of H-pyrrole nitrogens is 4. The summed E-state index contributed by atoms with van der Waals surface area (Å²) in [7, 11) is 0. The van der Waals surface area contributed by atoms with E-state index in [1.165, 1.54) is 98.6 Å². The highest BCUT2D eigenvalue weighted by atomic mass is 16.4. The van der Waals surface area contributed by atoms with Crippen molar-refractivity contribution in [3.63, 3.8) is 0 Å². The summed E-state index contributed by atoms with van der Waals surface area (Å²) in [5, 5.41) is 49.1. The summed E-state index contributed by atoms with van der Waals surface area (Å²) < 4.78 is 0. The fourth-order valence-corrected chi connectivity index (χ4v) is 8.78. The van der Waals surface area contributed by atoms with Gasteiger partial charge in [-0.15, -0.1) is 0 Å². The average molecular weight is 1150 g/mol. The van der Waals surface area contributed by atoms with Gasteiger partial charge in [-0.1, -0.05) is 24.3 Å². The normalized spacial score (nSPS) is 14.1. The highest BCUT2D eigenvalue weighted by molar-refractivity contribution is 5.98. The van der Waals surface area contributed by atoms with E-state index in [1.54, 1.807) is 0 Å². The van der Waals surface area contributed by atoms with E-state index in [2.05, 4.69) is 77.1 Å². The summed E-state index contributed by atoms with van der Waals surface area (Å²) >= 11 is 0. The van der Waals surface area contributed by atoms with Gasteiger partial charge in [0.1, 0.15) is 53.8 Å². The molecule has 444 valence electrons. The fourth-order valence-electron chi connectivity index (χ4n) is 8.78. The Hall–Kier alpha value is -9.48. The molecule has 0 aliphatic carbocycles. The van der Waals surface area contributed by atoms with Crippen molar-refractivity contribution >= 4 is 47.3 Å². The third-order valence-electron chi connectivity index (χ3n) is 13.3. The van der Waals surface area contributed by atoms with Crippen LogP contribution in [0.5, 0.6) is 11.5 Å². The van der Waals surface area contributed by atoms with E-state index in [0.29, 0.717) is 66.1 Å². The smallest absolute Gasteiger partial charge is 0.326 e. The molecule has 0 fully saturated rings. The van der Waals surface area contributed by atoms with Crippen molar-refractivity contribution in [3.8, 4) is 11.5 Å². The van der Waals surface area contributed by atoms with Gasteiger partial charge < -0.3 is 89.7 Å². The average Bonchev–Trinajstić information content (AvgIpc) is 4.48. The van der Waals surface area contributed by atoms with Crippen molar-refractivity contribution in [1.82, 2.24) is 77.1 Å². The zero-order chi connectivity index (χ0) is 59.7. The molecule has 6 rings (SSSR count). The number of phenols is 2. The third kappa shape index (κ3) is 20.5. The molecule has 4 heterocycles. The van der Waals surface area contributed by atoms with Crippen molar-refractivity contribution in [2.75, 3.05) is 13.1 Å². The number of aliphatic carboxylic acids is 1. The number of aromatic amines is 4. The Morgan fingerprint density at radius 1 is 0.398 bits per heavy atom. The molecule has 29 heteroatoms. The lowest BCUT2D eigenvalue weighted by atomic mass is 10.0. The van der Waals surface area contributed by atoms with Gasteiger partial charge in [-0.05, 0) is 87.0 Å². The van der Waals surface area contributed by atoms with Crippen molar-refractivity contribution in [2.24, 2.45) is 17.2 Å². The van der Waals surface area contributed by atoms with Crippen LogP contribution in [0, 0.1) is 0 Å². The summed E-state index contributed by atoms with van der Waals surface area (Å²) in [5.41, 5.74) is 20.4. The van der Waals surface area contributed by atoms with Gasteiger partial charge in [-0.3, -0.25) is 33.6 Å². The SMILES string of the molecule is NCCCC[C@H](NC(=O)[C@H](Cc1cnc[nH]1)NC(=O)[C@H](Cc1ccc(O)cc1)NC(=O)[C@H](Cc1ccc(O)cc1)NC(=O)[C@H](Cc1cnc[nH]1)NC(=O)[C@H](CCCCN)NC(=O)[C@@H](N)Cc1cnc[nH]1)C(=O)N[C@@H](Cc1cnc[nH]1)C(=O)O. The van der Waals surface area contributed by atoms with Crippen LogP contribution >= 0.6 is 0 Å². The first kappa shape index (κ1) is 62.7. The van der Waals surface area contributed by atoms with E-state index < -0.39 is 95.7 Å². The first-order valence-corrected chi connectivity index (χ1v) is 26.9. The predicted octanol–water partition coefficient (Wildman–Crippen LogP) is -2.19. The Kier molecular flexibility index (Phi) is 24.2. The van der Waals surface area contributed by atoms with Crippen LogP contribution in [0.2, 0.25) is 0 Å². The molecule has 20 N–H and O–H groups in total. The molecule has 4 aromatic heterocycles. The van der Waals surface area contributed by atoms with Crippen LogP contribution in [0.15, 0.2) is 98.6 Å². The summed E-state index contributed by atoms with van der Waals surface area (Å²) in [4.78, 5) is 140. The standard InChI is InChI=1S/C54H72N18O11/c55-15-3-1-5-40(66-47(75)39(57)19-33-23-58-27-62-33)48(76)70-45(21-35-25-60-29-64-35)53(81)69-42(17-31-7-11-37(73)12-8-31)50(78)68-43(18-32-9-13-38(74)14-10-32)51(79)71-44(20-34-24-59-28-63-34)52(80)67-41(6-2-4-16-56)49(77)72-46(54(82)83)22-36-26-61-30-65-36/h7-14,23-30,39-46,73-74H,1-6,15-22,55-57H2,(H,58,62)(H,59,63)(H,60,64)(H,61,65)(H,66,75)(H,67,80)(H,68,78)(H,69,81)(H,70,76)(H,71,79)(H,72,77)(H,82,83)/t39-,40-,41-,42-,43-,44-,45-,46-/m0/s1. The van der Waals surface area contributed by atoms with Gasteiger partial charge in [0.15, 0.2) is 0 Å². The second-order valence-electron chi connectivity index (χ2n) is 19.8. The number of carbonyl (C=O) groups excluding carboxylic acids is 7. The number of hydrogen-bond donors (Lipinski definition) is 17. The maximum absolute atomic E-state index is 14.9. The lowest BCUT2D eigenvalue weighted by Gasteiger charge is -2.28. The van der Waals surface area contributed by atoms with Crippen LogP contribution in [-0.2, 0) is 76.9 Å². The van der Waals surface area contributed by atoms with E-state index in [9.17, 15) is 53.7 Å². The summed E-state index contributed by atoms with van der Waals surface area (Å²) in [6.07, 6.45) is 12.2. The molecular formula is C54H72N18O11. The number of benzene rings is 2. The summed E-state index contributed by atoms with van der Waals surface area (Å²) in [5.74, 6) is -7.31. The predicted molar refractivity (Wildman–Crippen MR) is 298 cm³/mol. The Morgan fingerprint density at radius 2 is 0.687 bits per heavy atom. The van der Waals surface area contributed by atoms with Gasteiger partial charge in [0, 0.05) is 86.1 Å². The van der Waals surface area contributed by atoms with E-state index in [0.717, 1.165) is 0 Å². The fraction of sp³-hybridized carbons (Fsp3) is 0.407. The van der Waals surface area contributed by atoms with Crippen LogP contribution in [-0.4, -0.2) is 164 Å². The lowest BCUT2D eigenvalue weighted by Crippen LogP contribution is -2.61. The number of rotatable bonds is 35. The number of aromatic nitrogens is 8. The number of amides is 7. The van der Waals surface area contributed by atoms with Crippen LogP contribution in [0.3, 0.4) is 0 Å². The number of imidazole rings is 4. The van der Waals surface area contributed by atoms with Gasteiger partial charge in [0.05, 0.1) is 31.4 Å². The van der Waals surface area contributed by atoms with Crippen LogP contribution in [0.4, 0.5) is 0 Å². The Bertz CT molecular complexity index is 2980. The molecule has 0 aliphatic rings. The molecule has 0 spiro atoms.